The zero-order chi connectivity index (χ0) is 13.4. The molecule has 102 valence electrons. The smallest absolute Gasteiger partial charge is 0.213 e. The Kier molecular flexibility index (Phi) is 5.88. The third-order valence-electron chi connectivity index (χ3n) is 2.47. The van der Waals surface area contributed by atoms with E-state index in [-0.39, 0.29) is 12.0 Å². The lowest BCUT2D eigenvalue weighted by atomic mass is 9.95. The van der Waals surface area contributed by atoms with Crippen LogP contribution in [0.4, 0.5) is 5.69 Å². The molecule has 1 aromatic heterocycles. The SMILES string of the molecule is COCCOc1ccc(NCC(C)(C)CO)cn1. The molecule has 1 rings (SSSR count). The fourth-order valence-electron chi connectivity index (χ4n) is 1.20. The van der Waals surface area contributed by atoms with Gasteiger partial charge in [0.25, 0.3) is 0 Å². The molecule has 0 radical (unpaired) electrons. The van der Waals surface area contributed by atoms with Gasteiger partial charge in [-0.3, -0.25) is 0 Å². The second-order valence-electron chi connectivity index (χ2n) is 4.90. The van der Waals surface area contributed by atoms with Gasteiger partial charge >= 0.3 is 0 Å². The quantitative estimate of drug-likeness (QED) is 0.689. The molecule has 1 aromatic rings. The summed E-state index contributed by atoms with van der Waals surface area (Å²) in [5.74, 6) is 0.582. The molecule has 0 unspecified atom stereocenters. The summed E-state index contributed by atoms with van der Waals surface area (Å²) in [6.45, 7) is 5.87. The van der Waals surface area contributed by atoms with Crippen LogP contribution in [0.25, 0.3) is 0 Å². The van der Waals surface area contributed by atoms with Crippen LogP contribution in [0.5, 0.6) is 5.88 Å². The standard InChI is InChI=1S/C13H22N2O3/c1-13(2,10-16)9-15-11-4-5-12(14-8-11)18-7-6-17-3/h4-5,8,15-16H,6-7,9-10H2,1-3H3. The normalized spacial score (nSPS) is 11.3. The molecule has 0 aliphatic rings. The van der Waals surface area contributed by atoms with E-state index >= 15 is 0 Å². The summed E-state index contributed by atoms with van der Waals surface area (Å²) in [6, 6.07) is 3.71. The molecule has 5 nitrogen and oxygen atoms in total. The van der Waals surface area contributed by atoms with E-state index in [0.717, 1.165) is 5.69 Å². The fraction of sp³-hybridized carbons (Fsp3) is 0.615. The van der Waals surface area contributed by atoms with Crippen LogP contribution in [0.15, 0.2) is 18.3 Å². The van der Waals surface area contributed by atoms with Crippen molar-refractivity contribution in [1.82, 2.24) is 4.98 Å². The minimum Gasteiger partial charge on any atom is -0.475 e. The number of aliphatic hydroxyl groups excluding tert-OH is 1. The highest BCUT2D eigenvalue weighted by Crippen LogP contribution is 2.16. The van der Waals surface area contributed by atoms with Crippen LogP contribution in [0, 0.1) is 5.41 Å². The van der Waals surface area contributed by atoms with Crippen LogP contribution in [0.2, 0.25) is 0 Å². The van der Waals surface area contributed by atoms with Gasteiger partial charge in [0.2, 0.25) is 5.88 Å². The number of nitrogens with one attached hydrogen (secondary N) is 1. The third-order valence-corrected chi connectivity index (χ3v) is 2.47. The first-order chi connectivity index (χ1) is 8.57. The monoisotopic (exact) mass is 254 g/mol. The van der Waals surface area contributed by atoms with Crippen molar-refractivity contribution in [2.45, 2.75) is 13.8 Å². The van der Waals surface area contributed by atoms with E-state index in [4.69, 9.17) is 14.6 Å². The fourth-order valence-corrected chi connectivity index (χ4v) is 1.20. The van der Waals surface area contributed by atoms with Gasteiger partial charge in [-0.15, -0.1) is 0 Å². The molecule has 0 atom stereocenters. The maximum Gasteiger partial charge on any atom is 0.213 e. The molecule has 1 heterocycles. The van der Waals surface area contributed by atoms with Gasteiger partial charge in [-0.05, 0) is 6.07 Å². The Morgan fingerprint density at radius 2 is 2.11 bits per heavy atom. The largest absolute Gasteiger partial charge is 0.475 e. The van der Waals surface area contributed by atoms with Gasteiger partial charge in [0.1, 0.15) is 6.61 Å². The van der Waals surface area contributed by atoms with E-state index in [0.29, 0.717) is 25.6 Å². The van der Waals surface area contributed by atoms with Crippen molar-refractivity contribution in [3.05, 3.63) is 18.3 Å². The van der Waals surface area contributed by atoms with Gasteiger partial charge in [0.15, 0.2) is 0 Å². The van der Waals surface area contributed by atoms with Crippen LogP contribution in [0.1, 0.15) is 13.8 Å². The lowest BCUT2D eigenvalue weighted by Gasteiger charge is -2.22. The average Bonchev–Trinajstić information content (AvgIpc) is 2.38. The van der Waals surface area contributed by atoms with Crippen molar-refractivity contribution in [2.75, 3.05) is 38.8 Å². The first-order valence-corrected chi connectivity index (χ1v) is 6.00. The molecule has 0 amide bonds. The summed E-state index contributed by atoms with van der Waals surface area (Å²) in [6.07, 6.45) is 1.72. The number of hydrogen-bond acceptors (Lipinski definition) is 5. The predicted octanol–water partition coefficient (Wildman–Crippen LogP) is 1.54. The van der Waals surface area contributed by atoms with E-state index < -0.39 is 0 Å². The van der Waals surface area contributed by atoms with E-state index in [1.54, 1.807) is 13.3 Å². The van der Waals surface area contributed by atoms with Gasteiger partial charge in [-0.25, -0.2) is 4.98 Å². The number of aromatic nitrogens is 1. The summed E-state index contributed by atoms with van der Waals surface area (Å²) in [5, 5.41) is 12.4. The number of methoxy groups -OCH3 is 1. The maximum absolute atomic E-state index is 9.15. The van der Waals surface area contributed by atoms with Gasteiger partial charge in [0.05, 0.1) is 18.5 Å². The third kappa shape index (κ3) is 5.33. The Hall–Kier alpha value is -1.33. The summed E-state index contributed by atoms with van der Waals surface area (Å²) in [7, 11) is 1.63. The summed E-state index contributed by atoms with van der Waals surface area (Å²) in [5.41, 5.74) is 0.767. The topological polar surface area (TPSA) is 63.6 Å². The zero-order valence-corrected chi connectivity index (χ0v) is 11.3. The van der Waals surface area contributed by atoms with Crippen molar-refractivity contribution in [1.29, 1.82) is 0 Å². The highest BCUT2D eigenvalue weighted by molar-refractivity contribution is 5.42. The molecule has 0 aliphatic heterocycles. The van der Waals surface area contributed by atoms with E-state index in [9.17, 15) is 0 Å². The van der Waals surface area contributed by atoms with Crippen LogP contribution in [-0.2, 0) is 4.74 Å². The number of rotatable bonds is 8. The van der Waals surface area contributed by atoms with Crippen molar-refractivity contribution in [3.63, 3.8) is 0 Å². The number of nitrogens with zero attached hydrogens (tertiary/aromatic N) is 1. The average molecular weight is 254 g/mol. The van der Waals surface area contributed by atoms with Gasteiger partial charge in [0, 0.05) is 31.7 Å². The van der Waals surface area contributed by atoms with Crippen LogP contribution in [-0.4, -0.2) is 43.6 Å². The Bertz CT molecular complexity index is 339. The summed E-state index contributed by atoms with van der Waals surface area (Å²) in [4.78, 5) is 4.17. The molecule has 0 aromatic carbocycles. The van der Waals surface area contributed by atoms with Crippen LogP contribution < -0.4 is 10.1 Å². The minimum atomic E-state index is -0.145. The van der Waals surface area contributed by atoms with Crippen molar-refractivity contribution in [3.8, 4) is 5.88 Å². The van der Waals surface area contributed by atoms with Crippen molar-refractivity contribution >= 4 is 5.69 Å². The molecule has 2 N–H and O–H groups in total. The van der Waals surface area contributed by atoms with Gasteiger partial charge in [-0.1, -0.05) is 13.8 Å². The molecule has 0 bridgehead atoms. The Morgan fingerprint density at radius 1 is 1.33 bits per heavy atom. The molecular formula is C13H22N2O3. The number of anilines is 1. The highest BCUT2D eigenvalue weighted by Gasteiger charge is 2.15. The van der Waals surface area contributed by atoms with E-state index in [1.807, 2.05) is 26.0 Å². The van der Waals surface area contributed by atoms with Crippen molar-refractivity contribution in [2.24, 2.45) is 5.41 Å². The Balaban J connectivity index is 2.40. The molecule has 0 aliphatic carbocycles. The molecule has 0 saturated carbocycles. The van der Waals surface area contributed by atoms with E-state index in [2.05, 4.69) is 10.3 Å². The summed E-state index contributed by atoms with van der Waals surface area (Å²) >= 11 is 0. The number of ether oxygens (including phenoxy) is 2. The lowest BCUT2D eigenvalue weighted by Crippen LogP contribution is -2.26. The highest BCUT2D eigenvalue weighted by atomic mass is 16.5. The molecule has 0 spiro atoms. The second kappa shape index (κ2) is 7.18. The summed E-state index contributed by atoms with van der Waals surface area (Å²) < 4.78 is 10.3. The molecular weight excluding hydrogens is 232 g/mol. The molecule has 0 saturated heterocycles. The Morgan fingerprint density at radius 3 is 2.67 bits per heavy atom. The molecule has 18 heavy (non-hydrogen) atoms. The first-order valence-electron chi connectivity index (χ1n) is 6.00. The second-order valence-corrected chi connectivity index (χ2v) is 4.90. The Labute approximate surface area is 108 Å². The first kappa shape index (κ1) is 14.7. The molecule has 0 fully saturated rings. The molecule has 5 heteroatoms. The van der Waals surface area contributed by atoms with Crippen LogP contribution >= 0.6 is 0 Å². The maximum atomic E-state index is 9.15. The van der Waals surface area contributed by atoms with E-state index in [1.165, 1.54) is 0 Å². The zero-order valence-electron chi connectivity index (χ0n) is 11.3. The van der Waals surface area contributed by atoms with Gasteiger partial charge < -0.3 is 19.9 Å². The van der Waals surface area contributed by atoms with Crippen molar-refractivity contribution < 1.29 is 14.6 Å². The van der Waals surface area contributed by atoms with Gasteiger partial charge in [-0.2, -0.15) is 0 Å². The predicted molar refractivity (Wildman–Crippen MR) is 71.0 cm³/mol. The number of aliphatic hydroxyl groups is 1. The number of hydrogen-bond donors (Lipinski definition) is 2. The number of pyridine rings is 1. The van der Waals surface area contributed by atoms with Crippen LogP contribution in [0.3, 0.4) is 0 Å². The lowest BCUT2D eigenvalue weighted by molar-refractivity contribution is 0.144. The minimum absolute atomic E-state index is 0.144.